The van der Waals surface area contributed by atoms with Gasteiger partial charge in [0.15, 0.2) is 0 Å². The van der Waals surface area contributed by atoms with Gasteiger partial charge in [-0.1, -0.05) is 40.5 Å². The summed E-state index contributed by atoms with van der Waals surface area (Å²) < 4.78 is 4.71. The number of benzene rings is 1. The van der Waals surface area contributed by atoms with Crippen molar-refractivity contribution < 1.29 is 24.0 Å². The zero-order valence-electron chi connectivity index (χ0n) is 15.7. The summed E-state index contributed by atoms with van der Waals surface area (Å²) in [5.74, 6) is -2.21. The van der Waals surface area contributed by atoms with Gasteiger partial charge in [-0.2, -0.15) is 0 Å². The number of oxime groups is 1. The Morgan fingerprint density at radius 2 is 1.86 bits per heavy atom. The monoisotopic (exact) mass is 439 g/mol. The molecule has 0 spiro atoms. The van der Waals surface area contributed by atoms with Gasteiger partial charge in [-0.3, -0.25) is 14.4 Å². The second-order valence-corrected chi connectivity index (χ2v) is 7.74. The number of hydrogen-bond donors (Lipinski definition) is 2. The Morgan fingerprint density at radius 3 is 2.45 bits per heavy atom. The molecule has 1 unspecified atom stereocenters. The molecule has 2 aliphatic rings. The zero-order chi connectivity index (χ0) is 21.2. The van der Waals surface area contributed by atoms with Gasteiger partial charge in [0.25, 0.3) is 17.4 Å². The molecular weight excluding hydrogens is 421 g/mol. The van der Waals surface area contributed by atoms with Gasteiger partial charge in [0.1, 0.15) is 0 Å². The van der Waals surface area contributed by atoms with Gasteiger partial charge >= 0.3 is 5.97 Å². The van der Waals surface area contributed by atoms with Gasteiger partial charge in [-0.15, -0.1) is 0 Å². The normalized spacial score (nSPS) is 25.2. The Kier molecular flexibility index (Phi) is 6.14. The zero-order valence-corrected chi connectivity index (χ0v) is 17.2. The van der Waals surface area contributed by atoms with Crippen LogP contribution in [0.5, 0.6) is 0 Å². The summed E-state index contributed by atoms with van der Waals surface area (Å²) in [5.41, 5.74) is -1.07. The number of halogens is 2. The lowest BCUT2D eigenvalue weighted by atomic mass is 9.94. The molecule has 3 atom stereocenters. The maximum Gasteiger partial charge on any atom is 0.312 e. The van der Waals surface area contributed by atoms with E-state index in [0.717, 1.165) is 0 Å². The summed E-state index contributed by atoms with van der Waals surface area (Å²) >= 11 is 11.9. The first-order valence-electron chi connectivity index (χ1n) is 8.80. The number of methoxy groups -OCH3 is 1. The van der Waals surface area contributed by atoms with Crippen molar-refractivity contribution in [1.29, 1.82) is 0 Å². The minimum absolute atomic E-state index is 0.0180. The Balaban J connectivity index is 1.74. The van der Waals surface area contributed by atoms with Crippen LogP contribution in [0.4, 0.5) is 5.69 Å². The summed E-state index contributed by atoms with van der Waals surface area (Å²) in [6, 6.07) is 4.08. The van der Waals surface area contributed by atoms with Crippen LogP contribution in [0, 0.1) is 5.92 Å². The highest BCUT2D eigenvalue weighted by Gasteiger charge is 2.53. The fourth-order valence-corrected chi connectivity index (χ4v) is 3.73. The summed E-state index contributed by atoms with van der Waals surface area (Å²) in [6.45, 7) is 1.65. The smallest absolute Gasteiger partial charge is 0.312 e. The minimum atomic E-state index is -1.88. The predicted molar refractivity (Wildman–Crippen MR) is 108 cm³/mol. The molecule has 0 radical (unpaired) electrons. The molecule has 0 aromatic heterocycles. The number of nitrogens with zero attached hydrogens (tertiary/aromatic N) is 1. The fourth-order valence-electron chi connectivity index (χ4n) is 3.20. The van der Waals surface area contributed by atoms with Crippen LogP contribution in [0.25, 0.3) is 0 Å². The Bertz CT molecular complexity index is 897. The van der Waals surface area contributed by atoms with E-state index in [4.69, 9.17) is 32.8 Å². The van der Waals surface area contributed by atoms with E-state index in [-0.39, 0.29) is 12.4 Å². The number of amides is 2. The minimum Gasteiger partial charge on any atom is -0.469 e. The number of carbonyl (C=O) groups excluding carboxylic acids is 3. The number of carbonyl (C=O) groups is 3. The van der Waals surface area contributed by atoms with Crippen LogP contribution >= 0.6 is 23.2 Å². The number of rotatable bonds is 5. The van der Waals surface area contributed by atoms with Crippen molar-refractivity contribution in [3.05, 3.63) is 40.4 Å². The molecule has 1 aliphatic carbocycles. The van der Waals surface area contributed by atoms with E-state index in [1.54, 1.807) is 19.1 Å². The van der Waals surface area contributed by atoms with Crippen LogP contribution in [-0.4, -0.2) is 42.2 Å². The summed E-state index contributed by atoms with van der Waals surface area (Å²) in [5, 5.41) is 9.80. The molecule has 0 fully saturated rings. The lowest BCUT2D eigenvalue weighted by Gasteiger charge is -2.26. The number of nitrogens with one attached hydrogen (secondary N) is 2. The maximum atomic E-state index is 13.0. The molecule has 0 saturated carbocycles. The highest BCUT2D eigenvalue weighted by molar-refractivity contribution is 6.35. The molecule has 1 heterocycles. The van der Waals surface area contributed by atoms with E-state index in [9.17, 15) is 14.4 Å². The van der Waals surface area contributed by atoms with Gasteiger partial charge in [0, 0.05) is 21.8 Å². The molecule has 2 N–H and O–H groups in total. The average Bonchev–Trinajstić information content (AvgIpc) is 3.27. The molecular formula is C19H19Cl2N3O5. The molecule has 2 amide bonds. The van der Waals surface area contributed by atoms with Gasteiger partial charge in [-0.25, -0.2) is 0 Å². The predicted octanol–water partition coefficient (Wildman–Crippen LogP) is 2.70. The largest absolute Gasteiger partial charge is 0.469 e. The van der Waals surface area contributed by atoms with Gasteiger partial charge < -0.3 is 20.2 Å². The molecule has 29 heavy (non-hydrogen) atoms. The lowest BCUT2D eigenvalue weighted by molar-refractivity contribution is -0.155. The highest BCUT2D eigenvalue weighted by atomic mass is 35.5. The number of ether oxygens (including phenoxy) is 1. The second-order valence-electron chi connectivity index (χ2n) is 6.86. The highest BCUT2D eigenvalue weighted by Crippen LogP contribution is 2.29. The average molecular weight is 440 g/mol. The van der Waals surface area contributed by atoms with Gasteiger partial charge in [0.2, 0.25) is 0 Å². The fraction of sp³-hybridized carbons (Fsp3) is 0.368. The van der Waals surface area contributed by atoms with Gasteiger partial charge in [0.05, 0.1) is 25.2 Å². The SMILES string of the molecule is COC(=O)[C@@H]1C=C[C@H](NC(=O)C2(C(=O)Nc3cc(Cl)cc(Cl)c3)CC(C)=NO2)C1. The molecule has 1 aromatic carbocycles. The van der Waals surface area contributed by atoms with Crippen molar-refractivity contribution in [2.24, 2.45) is 11.1 Å². The third-order valence-corrected chi connectivity index (χ3v) is 5.06. The molecule has 8 nitrogen and oxygen atoms in total. The Labute approximate surface area is 177 Å². The van der Waals surface area contributed by atoms with E-state index < -0.39 is 29.4 Å². The standard InChI is InChI=1S/C19H19Cl2N3O5/c1-10-9-19(29-24-10,18(27)23-15-7-12(20)6-13(21)8-15)17(26)22-14-4-3-11(5-14)16(25)28-2/h3-4,6-8,11,14H,5,9H2,1-2H3,(H,22,26)(H,23,27)/t11-,14+,19?/m1/s1. The third-order valence-electron chi connectivity index (χ3n) is 4.62. The van der Waals surface area contributed by atoms with Gasteiger partial charge in [-0.05, 0) is 31.5 Å². The third kappa shape index (κ3) is 4.54. The van der Waals surface area contributed by atoms with Crippen molar-refractivity contribution in [3.8, 4) is 0 Å². The molecule has 1 aliphatic heterocycles. The lowest BCUT2D eigenvalue weighted by Crippen LogP contribution is -2.57. The van der Waals surface area contributed by atoms with E-state index in [0.29, 0.717) is 27.9 Å². The second kappa shape index (κ2) is 8.42. The molecule has 0 bridgehead atoms. The van der Waals surface area contributed by atoms with Crippen molar-refractivity contribution in [2.45, 2.75) is 31.4 Å². The first kappa shape index (κ1) is 21.1. The number of anilines is 1. The van der Waals surface area contributed by atoms with Crippen LogP contribution in [-0.2, 0) is 24.0 Å². The first-order valence-corrected chi connectivity index (χ1v) is 9.55. The number of esters is 1. The maximum absolute atomic E-state index is 13.0. The summed E-state index contributed by atoms with van der Waals surface area (Å²) in [7, 11) is 1.30. The Morgan fingerprint density at radius 1 is 1.17 bits per heavy atom. The number of hydrogen-bond acceptors (Lipinski definition) is 6. The topological polar surface area (TPSA) is 106 Å². The quantitative estimate of drug-likeness (QED) is 0.416. The Hall–Kier alpha value is -2.58. The van der Waals surface area contributed by atoms with Crippen LogP contribution < -0.4 is 10.6 Å². The van der Waals surface area contributed by atoms with E-state index in [2.05, 4.69) is 15.8 Å². The van der Waals surface area contributed by atoms with Crippen molar-refractivity contribution in [2.75, 3.05) is 12.4 Å². The van der Waals surface area contributed by atoms with E-state index in [1.165, 1.54) is 25.3 Å². The molecule has 10 heteroatoms. The molecule has 1 aromatic rings. The van der Waals surface area contributed by atoms with Crippen molar-refractivity contribution in [3.63, 3.8) is 0 Å². The van der Waals surface area contributed by atoms with Crippen molar-refractivity contribution >= 4 is 52.4 Å². The van der Waals surface area contributed by atoms with E-state index >= 15 is 0 Å². The molecule has 0 saturated heterocycles. The van der Waals surface area contributed by atoms with Crippen molar-refractivity contribution in [1.82, 2.24) is 5.32 Å². The summed E-state index contributed by atoms with van der Waals surface area (Å²) in [4.78, 5) is 43.0. The first-order chi connectivity index (χ1) is 13.7. The molecule has 3 rings (SSSR count). The van der Waals surface area contributed by atoms with E-state index in [1.807, 2.05) is 0 Å². The van der Waals surface area contributed by atoms with Crippen LogP contribution in [0.2, 0.25) is 10.0 Å². The summed E-state index contributed by atoms with van der Waals surface area (Å²) in [6.07, 6.45) is 3.66. The van der Waals surface area contributed by atoms with Crippen LogP contribution in [0.15, 0.2) is 35.5 Å². The van der Waals surface area contributed by atoms with Crippen LogP contribution in [0.3, 0.4) is 0 Å². The van der Waals surface area contributed by atoms with Crippen LogP contribution in [0.1, 0.15) is 19.8 Å². The molecule has 154 valence electrons.